The first-order valence-corrected chi connectivity index (χ1v) is 7.43. The summed E-state index contributed by atoms with van der Waals surface area (Å²) >= 11 is 1.84. The highest BCUT2D eigenvalue weighted by atomic mass is 32.1. The van der Waals surface area contributed by atoms with E-state index in [1.165, 1.54) is 20.9 Å². The van der Waals surface area contributed by atoms with Crippen molar-refractivity contribution >= 4 is 11.3 Å². The Kier molecular flexibility index (Phi) is 5.00. The zero-order valence-electron chi connectivity index (χ0n) is 11.8. The van der Waals surface area contributed by atoms with Crippen molar-refractivity contribution in [3.8, 4) is 5.75 Å². The fourth-order valence-corrected chi connectivity index (χ4v) is 2.85. The fraction of sp³-hybridized carbons (Fsp3) is 0.375. The first-order chi connectivity index (χ1) is 9.15. The monoisotopic (exact) mass is 275 g/mol. The molecular formula is C16H21NOS. The van der Waals surface area contributed by atoms with E-state index in [-0.39, 0.29) is 0 Å². The summed E-state index contributed by atoms with van der Waals surface area (Å²) in [6, 6.07) is 10.6. The average molecular weight is 275 g/mol. The molecule has 19 heavy (non-hydrogen) atoms. The number of nitrogens with one attached hydrogen (secondary N) is 1. The number of ether oxygens (including phenoxy) is 1. The number of rotatable bonds is 6. The van der Waals surface area contributed by atoms with E-state index >= 15 is 0 Å². The molecule has 0 amide bonds. The molecule has 1 N–H and O–H groups in total. The predicted octanol–water partition coefficient (Wildman–Crippen LogP) is 3.84. The van der Waals surface area contributed by atoms with E-state index in [2.05, 4.69) is 50.4 Å². The van der Waals surface area contributed by atoms with Crippen molar-refractivity contribution in [3.63, 3.8) is 0 Å². The summed E-state index contributed by atoms with van der Waals surface area (Å²) < 4.78 is 5.78. The molecule has 1 aromatic heterocycles. The Morgan fingerprint density at radius 2 is 1.95 bits per heavy atom. The van der Waals surface area contributed by atoms with Gasteiger partial charge in [0.2, 0.25) is 0 Å². The van der Waals surface area contributed by atoms with Gasteiger partial charge in [-0.15, -0.1) is 11.3 Å². The number of thiophene rings is 1. The lowest BCUT2D eigenvalue weighted by Crippen LogP contribution is -2.20. The molecule has 0 bridgehead atoms. The summed E-state index contributed by atoms with van der Waals surface area (Å²) in [6.45, 7) is 8.82. The van der Waals surface area contributed by atoms with Crippen LogP contribution in [-0.4, -0.2) is 13.2 Å². The molecule has 2 rings (SSSR count). The van der Waals surface area contributed by atoms with E-state index in [1.54, 1.807) is 0 Å². The van der Waals surface area contributed by atoms with Gasteiger partial charge in [0.05, 0.1) is 0 Å². The van der Waals surface area contributed by atoms with Gasteiger partial charge < -0.3 is 10.1 Å². The van der Waals surface area contributed by atoms with Crippen LogP contribution in [0.1, 0.15) is 20.9 Å². The Balaban J connectivity index is 1.69. The maximum Gasteiger partial charge on any atom is 0.122 e. The molecule has 0 radical (unpaired) electrons. The van der Waals surface area contributed by atoms with Crippen LogP contribution in [0, 0.1) is 20.8 Å². The Hall–Kier alpha value is -1.32. The van der Waals surface area contributed by atoms with Crippen LogP contribution >= 0.6 is 11.3 Å². The zero-order chi connectivity index (χ0) is 13.7. The smallest absolute Gasteiger partial charge is 0.122 e. The molecule has 0 aliphatic carbocycles. The second-order valence-corrected chi connectivity index (χ2v) is 6.18. The molecule has 0 saturated carbocycles. The number of hydrogen-bond donors (Lipinski definition) is 1. The summed E-state index contributed by atoms with van der Waals surface area (Å²) in [5.41, 5.74) is 2.48. The van der Waals surface area contributed by atoms with Gasteiger partial charge in [0.25, 0.3) is 0 Å². The number of hydrogen-bond acceptors (Lipinski definition) is 3. The Bertz CT molecular complexity index is 533. The highest BCUT2D eigenvalue weighted by molar-refractivity contribution is 7.11. The molecule has 1 heterocycles. The van der Waals surface area contributed by atoms with E-state index in [9.17, 15) is 0 Å². The summed E-state index contributed by atoms with van der Waals surface area (Å²) in [7, 11) is 0. The van der Waals surface area contributed by atoms with Gasteiger partial charge in [-0.3, -0.25) is 0 Å². The number of aryl methyl sites for hydroxylation is 3. The SMILES string of the molecule is Cc1ccc(OCCNCc2ccc(C)s2)c(C)c1. The first kappa shape index (κ1) is 14.1. The third kappa shape index (κ3) is 4.37. The maximum absolute atomic E-state index is 5.78. The van der Waals surface area contributed by atoms with Crippen LogP contribution in [0.4, 0.5) is 0 Å². The van der Waals surface area contributed by atoms with Crippen LogP contribution < -0.4 is 10.1 Å². The highest BCUT2D eigenvalue weighted by Crippen LogP contribution is 2.18. The van der Waals surface area contributed by atoms with Gasteiger partial charge in [0, 0.05) is 22.8 Å². The highest BCUT2D eigenvalue weighted by Gasteiger charge is 2.00. The largest absolute Gasteiger partial charge is 0.492 e. The van der Waals surface area contributed by atoms with Crippen LogP contribution in [0.3, 0.4) is 0 Å². The van der Waals surface area contributed by atoms with Crippen LogP contribution in [-0.2, 0) is 6.54 Å². The Morgan fingerprint density at radius 1 is 1.11 bits per heavy atom. The summed E-state index contributed by atoms with van der Waals surface area (Å²) in [6.07, 6.45) is 0. The molecule has 0 atom stereocenters. The topological polar surface area (TPSA) is 21.3 Å². The van der Waals surface area contributed by atoms with Gasteiger partial charge in [-0.25, -0.2) is 0 Å². The lowest BCUT2D eigenvalue weighted by atomic mass is 10.1. The number of benzene rings is 1. The minimum Gasteiger partial charge on any atom is -0.492 e. The molecule has 0 aliphatic rings. The molecule has 0 aliphatic heterocycles. The standard InChI is InChI=1S/C16H21NOS/c1-12-4-7-16(13(2)10-12)18-9-8-17-11-15-6-5-14(3)19-15/h4-7,10,17H,8-9,11H2,1-3H3. The molecule has 0 saturated heterocycles. The molecule has 2 aromatic rings. The van der Waals surface area contributed by atoms with E-state index in [4.69, 9.17) is 4.74 Å². The van der Waals surface area contributed by atoms with Crippen molar-refractivity contribution in [1.29, 1.82) is 0 Å². The van der Waals surface area contributed by atoms with Crippen molar-refractivity contribution in [2.75, 3.05) is 13.2 Å². The maximum atomic E-state index is 5.78. The zero-order valence-corrected chi connectivity index (χ0v) is 12.6. The van der Waals surface area contributed by atoms with Crippen molar-refractivity contribution in [1.82, 2.24) is 5.32 Å². The van der Waals surface area contributed by atoms with Crippen LogP contribution in [0.15, 0.2) is 30.3 Å². The molecule has 0 fully saturated rings. The van der Waals surface area contributed by atoms with Crippen molar-refractivity contribution in [2.24, 2.45) is 0 Å². The molecule has 102 valence electrons. The van der Waals surface area contributed by atoms with Crippen LogP contribution in [0.5, 0.6) is 5.75 Å². The Labute approximate surface area is 119 Å². The first-order valence-electron chi connectivity index (χ1n) is 6.61. The van der Waals surface area contributed by atoms with Crippen molar-refractivity contribution in [3.05, 3.63) is 51.2 Å². The molecule has 0 unspecified atom stereocenters. The quantitative estimate of drug-likeness (QED) is 0.809. The second-order valence-electron chi connectivity index (χ2n) is 4.81. The molecule has 0 spiro atoms. The van der Waals surface area contributed by atoms with Gasteiger partial charge >= 0.3 is 0 Å². The molecule has 2 nitrogen and oxygen atoms in total. The van der Waals surface area contributed by atoms with Crippen molar-refractivity contribution < 1.29 is 4.74 Å². The third-order valence-corrected chi connectivity index (χ3v) is 3.96. The van der Waals surface area contributed by atoms with Crippen LogP contribution in [0.25, 0.3) is 0 Å². The molecular weight excluding hydrogens is 254 g/mol. The lowest BCUT2D eigenvalue weighted by Gasteiger charge is -2.10. The van der Waals surface area contributed by atoms with E-state index in [0.717, 1.165) is 18.8 Å². The van der Waals surface area contributed by atoms with E-state index in [1.807, 2.05) is 17.4 Å². The Morgan fingerprint density at radius 3 is 2.63 bits per heavy atom. The molecule has 1 aromatic carbocycles. The average Bonchev–Trinajstić information content (AvgIpc) is 2.77. The van der Waals surface area contributed by atoms with E-state index in [0.29, 0.717) is 6.61 Å². The summed E-state index contributed by atoms with van der Waals surface area (Å²) in [5, 5.41) is 3.40. The summed E-state index contributed by atoms with van der Waals surface area (Å²) in [5.74, 6) is 0.986. The molecule has 3 heteroatoms. The predicted molar refractivity (Wildman–Crippen MR) is 82.2 cm³/mol. The lowest BCUT2D eigenvalue weighted by molar-refractivity contribution is 0.312. The minimum absolute atomic E-state index is 0.703. The normalized spacial score (nSPS) is 10.7. The van der Waals surface area contributed by atoms with E-state index < -0.39 is 0 Å². The van der Waals surface area contributed by atoms with Crippen molar-refractivity contribution in [2.45, 2.75) is 27.3 Å². The van der Waals surface area contributed by atoms with Gasteiger partial charge in [-0.1, -0.05) is 17.7 Å². The fourth-order valence-electron chi connectivity index (χ4n) is 1.99. The van der Waals surface area contributed by atoms with Gasteiger partial charge in [0.15, 0.2) is 0 Å². The van der Waals surface area contributed by atoms with Gasteiger partial charge in [-0.2, -0.15) is 0 Å². The second kappa shape index (κ2) is 6.73. The minimum atomic E-state index is 0.703. The van der Waals surface area contributed by atoms with Gasteiger partial charge in [-0.05, 0) is 44.5 Å². The van der Waals surface area contributed by atoms with Crippen LogP contribution in [0.2, 0.25) is 0 Å². The van der Waals surface area contributed by atoms with Gasteiger partial charge in [0.1, 0.15) is 12.4 Å². The third-order valence-electron chi connectivity index (χ3n) is 2.96. The summed E-state index contributed by atoms with van der Waals surface area (Å²) in [4.78, 5) is 2.74.